The van der Waals surface area contributed by atoms with Gasteiger partial charge in [0.1, 0.15) is 5.82 Å². The molecule has 2 aliphatic rings. The van der Waals surface area contributed by atoms with Gasteiger partial charge in [-0.25, -0.2) is 15.0 Å². The van der Waals surface area contributed by atoms with E-state index >= 15 is 0 Å². The number of rotatable bonds is 4. The third kappa shape index (κ3) is 2.88. The van der Waals surface area contributed by atoms with Gasteiger partial charge >= 0.3 is 0 Å². The summed E-state index contributed by atoms with van der Waals surface area (Å²) in [5, 5.41) is 0.353. The molecule has 7 heteroatoms. The number of halogens is 1. The number of benzene rings is 1. The molecule has 4 nitrogen and oxygen atoms in total. The van der Waals surface area contributed by atoms with Crippen molar-refractivity contribution in [3.05, 3.63) is 40.8 Å². The fourth-order valence-electron chi connectivity index (χ4n) is 4.04. The van der Waals surface area contributed by atoms with Crippen LogP contribution in [0, 0.1) is 31.6 Å². The second kappa shape index (κ2) is 6.36. The summed E-state index contributed by atoms with van der Waals surface area (Å²) in [5.74, 6) is 4.57. The highest BCUT2D eigenvalue weighted by molar-refractivity contribution is 8.01. The van der Waals surface area contributed by atoms with Gasteiger partial charge in [0.25, 0.3) is 0 Å². The maximum absolute atomic E-state index is 6.07. The lowest BCUT2D eigenvalue weighted by molar-refractivity contribution is 0.688. The third-order valence-corrected chi connectivity index (χ3v) is 8.17. The van der Waals surface area contributed by atoms with E-state index in [4.69, 9.17) is 16.6 Å². The molecule has 0 radical (unpaired) electrons. The van der Waals surface area contributed by atoms with Gasteiger partial charge < -0.3 is 4.90 Å². The molecule has 3 heterocycles. The predicted molar refractivity (Wildman–Crippen MR) is 110 cm³/mol. The van der Waals surface area contributed by atoms with Crippen LogP contribution in [0.1, 0.15) is 11.3 Å². The van der Waals surface area contributed by atoms with E-state index in [1.165, 1.54) is 14.8 Å². The van der Waals surface area contributed by atoms with Gasteiger partial charge in [0.2, 0.25) is 5.28 Å². The van der Waals surface area contributed by atoms with Crippen molar-refractivity contribution < 1.29 is 0 Å². The zero-order chi connectivity index (χ0) is 17.8. The van der Waals surface area contributed by atoms with Crippen molar-refractivity contribution in [2.75, 3.05) is 23.7 Å². The van der Waals surface area contributed by atoms with E-state index in [-0.39, 0.29) is 0 Å². The van der Waals surface area contributed by atoms with Crippen molar-refractivity contribution in [1.82, 2.24) is 15.0 Å². The van der Waals surface area contributed by atoms with Crippen molar-refractivity contribution in [2.24, 2.45) is 17.8 Å². The van der Waals surface area contributed by atoms with Gasteiger partial charge in [0.15, 0.2) is 4.34 Å². The summed E-state index contributed by atoms with van der Waals surface area (Å²) in [6, 6.07) is 8.38. The minimum atomic E-state index is 0.353. The number of thioether (sulfide) groups is 1. The standard InChI is InChI=1S/C19H19ClN4S2/c1-10-11(2)21-18(20)23-17(10)24-7-12-13(8-24)14(12)9-25-19-22-15-5-3-4-6-16(15)26-19/h3-6,12-14H,7-9H2,1-2H3/t12-,13+,14+. The monoisotopic (exact) mass is 402 g/mol. The van der Waals surface area contributed by atoms with Crippen molar-refractivity contribution in [1.29, 1.82) is 0 Å². The molecule has 1 saturated carbocycles. The first kappa shape index (κ1) is 16.8. The molecule has 0 amide bonds. The van der Waals surface area contributed by atoms with Crippen molar-refractivity contribution in [3.63, 3.8) is 0 Å². The largest absolute Gasteiger partial charge is 0.356 e. The zero-order valence-corrected chi connectivity index (χ0v) is 17.0. The van der Waals surface area contributed by atoms with Crippen LogP contribution < -0.4 is 4.90 Å². The highest BCUT2D eigenvalue weighted by atomic mass is 35.5. The van der Waals surface area contributed by atoms with Crippen LogP contribution >= 0.6 is 34.7 Å². The number of aromatic nitrogens is 3. The van der Waals surface area contributed by atoms with Gasteiger partial charge in [-0.2, -0.15) is 0 Å². The Balaban J connectivity index is 1.22. The highest BCUT2D eigenvalue weighted by Crippen LogP contribution is 2.54. The first-order chi connectivity index (χ1) is 12.6. The van der Waals surface area contributed by atoms with Crippen LogP contribution in [0.4, 0.5) is 5.82 Å². The molecule has 5 rings (SSSR count). The summed E-state index contributed by atoms with van der Waals surface area (Å²) >= 11 is 9.80. The molecule has 0 unspecified atom stereocenters. The second-order valence-electron chi connectivity index (χ2n) is 7.18. The Morgan fingerprint density at radius 3 is 2.69 bits per heavy atom. The molecular formula is C19H19ClN4S2. The number of aryl methyl sites for hydroxylation is 1. The summed E-state index contributed by atoms with van der Waals surface area (Å²) in [6.07, 6.45) is 0. The van der Waals surface area contributed by atoms with E-state index in [9.17, 15) is 0 Å². The van der Waals surface area contributed by atoms with Crippen molar-refractivity contribution in [3.8, 4) is 0 Å². The lowest BCUT2D eigenvalue weighted by atomic mass is 10.2. The molecular weight excluding hydrogens is 384 g/mol. The zero-order valence-electron chi connectivity index (χ0n) is 14.6. The number of thiazole rings is 1. The van der Waals surface area contributed by atoms with Gasteiger partial charge in [-0.1, -0.05) is 23.9 Å². The van der Waals surface area contributed by atoms with E-state index in [0.717, 1.165) is 53.4 Å². The van der Waals surface area contributed by atoms with Gasteiger partial charge in [-0.05, 0) is 55.3 Å². The van der Waals surface area contributed by atoms with Crippen LogP contribution in [-0.2, 0) is 0 Å². The molecule has 1 aromatic carbocycles. The van der Waals surface area contributed by atoms with Gasteiger partial charge in [-0.15, -0.1) is 11.3 Å². The Morgan fingerprint density at radius 2 is 1.92 bits per heavy atom. The Kier molecular flexibility index (Phi) is 4.10. The van der Waals surface area contributed by atoms with Crippen LogP contribution in [-0.4, -0.2) is 33.8 Å². The average Bonchev–Trinajstić information content (AvgIpc) is 3.00. The Bertz CT molecular complexity index is 944. The number of piperidine rings is 1. The molecule has 26 heavy (non-hydrogen) atoms. The quantitative estimate of drug-likeness (QED) is 0.461. The van der Waals surface area contributed by atoms with Crippen LogP contribution in [0.3, 0.4) is 0 Å². The topological polar surface area (TPSA) is 41.9 Å². The summed E-state index contributed by atoms with van der Waals surface area (Å²) < 4.78 is 2.48. The summed E-state index contributed by atoms with van der Waals surface area (Å²) in [4.78, 5) is 15.9. The number of hydrogen-bond acceptors (Lipinski definition) is 6. The highest BCUT2D eigenvalue weighted by Gasteiger charge is 2.55. The molecule has 0 spiro atoms. The molecule has 1 saturated heterocycles. The van der Waals surface area contributed by atoms with Crippen molar-refractivity contribution in [2.45, 2.75) is 18.2 Å². The van der Waals surface area contributed by atoms with Crippen LogP contribution in [0.25, 0.3) is 10.2 Å². The average molecular weight is 403 g/mol. The SMILES string of the molecule is Cc1nc(Cl)nc(N2C[C@@H]3[C@@H](CSc4nc5ccccc5s4)[C@@H]3C2)c1C. The van der Waals surface area contributed by atoms with Crippen LogP contribution in [0.2, 0.25) is 5.28 Å². The smallest absolute Gasteiger partial charge is 0.224 e. The normalized spacial score (nSPS) is 24.3. The lowest BCUT2D eigenvalue weighted by Crippen LogP contribution is -2.26. The Hall–Kier alpha value is -1.37. The minimum Gasteiger partial charge on any atom is -0.356 e. The molecule has 134 valence electrons. The van der Waals surface area contributed by atoms with E-state index in [1.807, 2.05) is 30.0 Å². The third-order valence-electron chi connectivity index (χ3n) is 5.68. The van der Waals surface area contributed by atoms with Gasteiger partial charge in [0, 0.05) is 30.1 Å². The maximum Gasteiger partial charge on any atom is 0.224 e. The summed E-state index contributed by atoms with van der Waals surface area (Å²) in [7, 11) is 0. The second-order valence-corrected chi connectivity index (χ2v) is 9.82. The fourth-order valence-corrected chi connectivity index (χ4v) is 6.64. The van der Waals surface area contributed by atoms with Gasteiger partial charge in [0.05, 0.1) is 10.2 Å². The molecule has 2 aromatic heterocycles. The molecule has 0 bridgehead atoms. The number of para-hydroxylation sites is 1. The molecule has 0 N–H and O–H groups in total. The van der Waals surface area contributed by atoms with E-state index < -0.39 is 0 Å². The Labute approximate surface area is 166 Å². The molecule has 2 fully saturated rings. The summed E-state index contributed by atoms with van der Waals surface area (Å²) in [6.45, 7) is 6.26. The number of hydrogen-bond donors (Lipinski definition) is 0. The fraction of sp³-hybridized carbons (Fsp3) is 0.421. The molecule has 1 aliphatic heterocycles. The van der Waals surface area contributed by atoms with E-state index in [1.54, 1.807) is 0 Å². The minimum absolute atomic E-state index is 0.353. The Morgan fingerprint density at radius 1 is 1.15 bits per heavy atom. The van der Waals surface area contributed by atoms with E-state index in [2.05, 4.69) is 46.1 Å². The number of anilines is 1. The van der Waals surface area contributed by atoms with Crippen molar-refractivity contribution >= 4 is 50.7 Å². The van der Waals surface area contributed by atoms with Crippen LogP contribution in [0.5, 0.6) is 0 Å². The molecule has 3 atom stereocenters. The first-order valence-electron chi connectivity index (χ1n) is 8.84. The maximum atomic E-state index is 6.07. The summed E-state index contributed by atoms with van der Waals surface area (Å²) in [5.41, 5.74) is 3.24. The number of nitrogens with zero attached hydrogens (tertiary/aromatic N) is 4. The first-order valence-corrected chi connectivity index (χ1v) is 11.0. The molecule has 3 aromatic rings. The van der Waals surface area contributed by atoms with E-state index in [0.29, 0.717) is 5.28 Å². The van der Waals surface area contributed by atoms with Gasteiger partial charge in [-0.3, -0.25) is 0 Å². The number of fused-ring (bicyclic) bond motifs is 2. The lowest BCUT2D eigenvalue weighted by Gasteiger charge is -2.23. The van der Waals surface area contributed by atoms with Crippen LogP contribution in [0.15, 0.2) is 28.6 Å². The predicted octanol–water partition coefficient (Wildman–Crippen LogP) is 4.83. The molecule has 1 aliphatic carbocycles.